The Morgan fingerprint density at radius 1 is 0.893 bits per heavy atom. The van der Waals surface area contributed by atoms with Gasteiger partial charge >= 0.3 is 0 Å². The second kappa shape index (κ2) is 8.57. The molecule has 144 valence electrons. The molecule has 0 unspecified atom stereocenters. The highest BCUT2D eigenvalue weighted by Gasteiger charge is 2.14. The monoisotopic (exact) mass is 376 g/mol. The standard InChI is InChI=1S/C23H24N2O3/c1-15-5-4-6-20(11-15)19-9-7-18(8-10-19)13-24-22(26)14-25-23(27)21-12-16(2)28-17(21)3/h4-12H,13-14H2,1-3H3,(H,24,26)(H,25,27). The van der Waals surface area contributed by atoms with Crippen molar-refractivity contribution in [1.82, 2.24) is 10.6 Å². The number of carbonyl (C=O) groups excluding carboxylic acids is 2. The van der Waals surface area contributed by atoms with Crippen LogP contribution < -0.4 is 10.6 Å². The third kappa shape index (κ3) is 4.88. The van der Waals surface area contributed by atoms with Gasteiger partial charge in [-0.15, -0.1) is 0 Å². The SMILES string of the molecule is Cc1cccc(-c2ccc(CNC(=O)CNC(=O)c3cc(C)oc3C)cc2)c1. The highest BCUT2D eigenvalue weighted by molar-refractivity contribution is 5.97. The lowest BCUT2D eigenvalue weighted by atomic mass is 10.0. The van der Waals surface area contributed by atoms with Gasteiger partial charge in [0.1, 0.15) is 11.5 Å². The van der Waals surface area contributed by atoms with Gasteiger partial charge in [0.2, 0.25) is 5.91 Å². The maximum atomic E-state index is 12.1. The number of carbonyl (C=O) groups is 2. The van der Waals surface area contributed by atoms with E-state index >= 15 is 0 Å². The van der Waals surface area contributed by atoms with Crippen LogP contribution in [0.25, 0.3) is 11.1 Å². The first kappa shape index (κ1) is 19.4. The third-order valence-electron chi connectivity index (χ3n) is 4.49. The van der Waals surface area contributed by atoms with Gasteiger partial charge in [0.15, 0.2) is 0 Å². The molecular weight excluding hydrogens is 352 g/mol. The Bertz CT molecular complexity index is 987. The largest absolute Gasteiger partial charge is 0.466 e. The fourth-order valence-corrected chi connectivity index (χ4v) is 3.01. The van der Waals surface area contributed by atoms with Gasteiger partial charge in [-0.1, -0.05) is 54.1 Å². The summed E-state index contributed by atoms with van der Waals surface area (Å²) >= 11 is 0. The molecule has 5 heteroatoms. The average molecular weight is 376 g/mol. The van der Waals surface area contributed by atoms with Crippen LogP contribution in [0.5, 0.6) is 0 Å². The van der Waals surface area contributed by atoms with Crippen LogP contribution in [0.4, 0.5) is 0 Å². The summed E-state index contributed by atoms with van der Waals surface area (Å²) in [4.78, 5) is 24.1. The van der Waals surface area contributed by atoms with Gasteiger partial charge in [-0.25, -0.2) is 0 Å². The lowest BCUT2D eigenvalue weighted by Crippen LogP contribution is -2.36. The Morgan fingerprint density at radius 2 is 1.64 bits per heavy atom. The minimum atomic E-state index is -0.313. The van der Waals surface area contributed by atoms with Gasteiger partial charge in [-0.05, 0) is 43.5 Å². The smallest absolute Gasteiger partial charge is 0.255 e. The lowest BCUT2D eigenvalue weighted by molar-refractivity contribution is -0.120. The van der Waals surface area contributed by atoms with Crippen LogP contribution in [0.2, 0.25) is 0 Å². The van der Waals surface area contributed by atoms with Crippen LogP contribution in [-0.2, 0) is 11.3 Å². The molecule has 0 saturated heterocycles. The first-order chi connectivity index (χ1) is 13.4. The molecule has 0 fully saturated rings. The highest BCUT2D eigenvalue weighted by atomic mass is 16.3. The molecule has 3 rings (SSSR count). The van der Waals surface area contributed by atoms with Crippen molar-refractivity contribution in [3.05, 3.63) is 82.8 Å². The Kier molecular flexibility index (Phi) is 5.94. The van der Waals surface area contributed by atoms with Gasteiger partial charge in [-0.3, -0.25) is 9.59 Å². The van der Waals surface area contributed by atoms with Crippen LogP contribution in [0, 0.1) is 20.8 Å². The topological polar surface area (TPSA) is 71.3 Å². The Hall–Kier alpha value is -3.34. The van der Waals surface area contributed by atoms with Crippen molar-refractivity contribution in [3.63, 3.8) is 0 Å². The second-order valence-electron chi connectivity index (χ2n) is 6.85. The van der Waals surface area contributed by atoms with E-state index in [4.69, 9.17) is 4.42 Å². The summed E-state index contributed by atoms with van der Waals surface area (Å²) in [6.07, 6.45) is 0. The summed E-state index contributed by atoms with van der Waals surface area (Å²) in [6, 6.07) is 18.1. The summed E-state index contributed by atoms with van der Waals surface area (Å²) in [5.41, 5.74) is 4.98. The van der Waals surface area contributed by atoms with Crippen molar-refractivity contribution in [3.8, 4) is 11.1 Å². The molecule has 2 N–H and O–H groups in total. The molecule has 0 aliphatic rings. The van der Waals surface area contributed by atoms with E-state index in [-0.39, 0.29) is 18.4 Å². The molecule has 5 nitrogen and oxygen atoms in total. The van der Waals surface area contributed by atoms with Crippen molar-refractivity contribution in [2.24, 2.45) is 0 Å². The number of hydrogen-bond donors (Lipinski definition) is 2. The van der Waals surface area contributed by atoms with Gasteiger partial charge in [0, 0.05) is 6.54 Å². The quantitative estimate of drug-likeness (QED) is 0.685. The summed E-state index contributed by atoms with van der Waals surface area (Å²) in [6.45, 7) is 5.90. The Balaban J connectivity index is 1.49. The molecule has 0 atom stereocenters. The minimum Gasteiger partial charge on any atom is -0.466 e. The van der Waals surface area contributed by atoms with E-state index in [2.05, 4.69) is 35.8 Å². The minimum absolute atomic E-state index is 0.0795. The fourth-order valence-electron chi connectivity index (χ4n) is 3.01. The summed E-state index contributed by atoms with van der Waals surface area (Å²) in [5, 5.41) is 5.43. The maximum Gasteiger partial charge on any atom is 0.255 e. The molecule has 0 radical (unpaired) electrons. The number of hydrogen-bond acceptors (Lipinski definition) is 3. The number of benzene rings is 2. The zero-order valence-corrected chi connectivity index (χ0v) is 16.3. The van der Waals surface area contributed by atoms with Gasteiger partial charge in [-0.2, -0.15) is 0 Å². The van der Waals surface area contributed by atoms with Crippen LogP contribution in [-0.4, -0.2) is 18.4 Å². The molecule has 28 heavy (non-hydrogen) atoms. The number of furan rings is 1. The predicted octanol–water partition coefficient (Wildman–Crippen LogP) is 3.92. The molecule has 0 saturated carbocycles. The molecule has 3 aromatic rings. The van der Waals surface area contributed by atoms with Gasteiger partial charge in [0.25, 0.3) is 5.91 Å². The zero-order chi connectivity index (χ0) is 20.1. The summed E-state index contributed by atoms with van der Waals surface area (Å²) in [7, 11) is 0. The van der Waals surface area contributed by atoms with Crippen LogP contribution in [0.1, 0.15) is 33.0 Å². The molecule has 0 aliphatic carbocycles. The first-order valence-corrected chi connectivity index (χ1v) is 9.20. The molecule has 2 amide bonds. The summed E-state index contributed by atoms with van der Waals surface area (Å²) in [5.74, 6) is 0.659. The predicted molar refractivity (Wildman–Crippen MR) is 109 cm³/mol. The van der Waals surface area contributed by atoms with E-state index in [1.165, 1.54) is 11.1 Å². The number of rotatable bonds is 6. The van der Waals surface area contributed by atoms with Crippen molar-refractivity contribution in [2.45, 2.75) is 27.3 Å². The molecule has 0 bridgehead atoms. The van der Waals surface area contributed by atoms with Crippen molar-refractivity contribution in [2.75, 3.05) is 6.54 Å². The third-order valence-corrected chi connectivity index (χ3v) is 4.49. The molecule has 2 aromatic carbocycles. The van der Waals surface area contributed by atoms with E-state index in [1.807, 2.05) is 30.3 Å². The number of amides is 2. The van der Waals surface area contributed by atoms with Crippen LogP contribution in [0.15, 0.2) is 59.0 Å². The molecule has 0 spiro atoms. The maximum absolute atomic E-state index is 12.1. The van der Waals surface area contributed by atoms with Crippen LogP contribution in [0.3, 0.4) is 0 Å². The molecule has 1 aromatic heterocycles. The Labute approximate surface area is 164 Å². The van der Waals surface area contributed by atoms with E-state index in [0.29, 0.717) is 23.6 Å². The van der Waals surface area contributed by atoms with Crippen LogP contribution >= 0.6 is 0 Å². The second-order valence-corrected chi connectivity index (χ2v) is 6.85. The average Bonchev–Trinajstić information content (AvgIpc) is 3.03. The lowest BCUT2D eigenvalue weighted by Gasteiger charge is -2.08. The summed E-state index contributed by atoms with van der Waals surface area (Å²) < 4.78 is 5.33. The normalized spacial score (nSPS) is 10.5. The van der Waals surface area contributed by atoms with E-state index in [1.54, 1.807) is 19.9 Å². The molecule has 0 aliphatic heterocycles. The van der Waals surface area contributed by atoms with Crippen molar-refractivity contribution < 1.29 is 14.0 Å². The highest BCUT2D eigenvalue weighted by Crippen LogP contribution is 2.20. The molecule has 1 heterocycles. The zero-order valence-electron chi connectivity index (χ0n) is 16.3. The fraction of sp³-hybridized carbons (Fsp3) is 0.217. The Morgan fingerprint density at radius 3 is 2.29 bits per heavy atom. The first-order valence-electron chi connectivity index (χ1n) is 9.20. The van der Waals surface area contributed by atoms with E-state index in [9.17, 15) is 9.59 Å². The molecular formula is C23H24N2O3. The van der Waals surface area contributed by atoms with Gasteiger partial charge < -0.3 is 15.1 Å². The van der Waals surface area contributed by atoms with E-state index < -0.39 is 0 Å². The number of aryl methyl sites for hydroxylation is 3. The van der Waals surface area contributed by atoms with Crippen molar-refractivity contribution >= 4 is 11.8 Å². The van der Waals surface area contributed by atoms with E-state index in [0.717, 1.165) is 11.1 Å². The number of nitrogens with one attached hydrogen (secondary N) is 2. The van der Waals surface area contributed by atoms with Crippen molar-refractivity contribution in [1.29, 1.82) is 0 Å². The van der Waals surface area contributed by atoms with Gasteiger partial charge in [0.05, 0.1) is 12.1 Å².